The molecule has 1 unspecified atom stereocenters. The fraction of sp³-hybridized carbons (Fsp3) is 0.250. The van der Waals surface area contributed by atoms with Crippen LogP contribution in [0.25, 0.3) is 22.2 Å². The SMILES string of the molecule is O=C(CCc1cccc(-c2c[nH]c3ncccc23)c1)C1CCCN(Cc2ccc(F)c(F)c2)C1=O. The Morgan fingerprint density at radius 2 is 1.94 bits per heavy atom. The number of carbonyl (C=O) groups excluding carboxylic acids is 2. The van der Waals surface area contributed by atoms with Crippen LogP contribution in [0.15, 0.2) is 67.0 Å². The number of pyridine rings is 1. The molecule has 178 valence electrons. The number of likely N-dealkylation sites (tertiary alicyclic amines) is 1. The predicted molar refractivity (Wildman–Crippen MR) is 129 cm³/mol. The molecule has 5 rings (SSSR count). The van der Waals surface area contributed by atoms with Gasteiger partial charge in [0, 0.05) is 42.9 Å². The Balaban J connectivity index is 1.24. The van der Waals surface area contributed by atoms with Crippen LogP contribution < -0.4 is 0 Å². The van der Waals surface area contributed by atoms with E-state index < -0.39 is 17.6 Å². The lowest BCUT2D eigenvalue weighted by Gasteiger charge is -2.31. The summed E-state index contributed by atoms with van der Waals surface area (Å²) in [6, 6.07) is 15.6. The topological polar surface area (TPSA) is 66.1 Å². The average Bonchev–Trinajstić information content (AvgIpc) is 3.30. The smallest absolute Gasteiger partial charge is 0.233 e. The summed E-state index contributed by atoms with van der Waals surface area (Å²) in [5.41, 5.74) is 4.45. The van der Waals surface area contributed by atoms with E-state index in [1.807, 2.05) is 36.5 Å². The van der Waals surface area contributed by atoms with Crippen LogP contribution >= 0.6 is 0 Å². The first-order valence-electron chi connectivity index (χ1n) is 11.8. The highest BCUT2D eigenvalue weighted by molar-refractivity contribution is 6.01. The third-order valence-corrected chi connectivity index (χ3v) is 6.63. The third-order valence-electron chi connectivity index (χ3n) is 6.63. The van der Waals surface area contributed by atoms with Crippen LogP contribution in [0, 0.1) is 17.6 Å². The Hall–Kier alpha value is -3.87. The van der Waals surface area contributed by atoms with E-state index in [-0.39, 0.29) is 24.7 Å². The van der Waals surface area contributed by atoms with Gasteiger partial charge in [-0.25, -0.2) is 13.8 Å². The molecule has 1 saturated heterocycles. The van der Waals surface area contributed by atoms with E-state index in [2.05, 4.69) is 16.0 Å². The van der Waals surface area contributed by atoms with E-state index in [1.54, 1.807) is 11.1 Å². The van der Waals surface area contributed by atoms with Crippen molar-refractivity contribution in [3.8, 4) is 11.1 Å². The molecular formula is C28H25F2N3O2. The number of aromatic amines is 1. The molecule has 5 nitrogen and oxygen atoms in total. The monoisotopic (exact) mass is 473 g/mol. The van der Waals surface area contributed by atoms with Crippen LogP contribution in [0.4, 0.5) is 8.78 Å². The van der Waals surface area contributed by atoms with Crippen molar-refractivity contribution in [2.24, 2.45) is 5.92 Å². The predicted octanol–water partition coefficient (Wildman–Crippen LogP) is 5.45. The van der Waals surface area contributed by atoms with E-state index >= 15 is 0 Å². The third kappa shape index (κ3) is 4.85. The molecule has 1 aliphatic heterocycles. The van der Waals surface area contributed by atoms with E-state index in [4.69, 9.17) is 0 Å². The highest BCUT2D eigenvalue weighted by Crippen LogP contribution is 2.29. The molecule has 1 atom stereocenters. The minimum Gasteiger partial charge on any atom is -0.346 e. The van der Waals surface area contributed by atoms with Crippen molar-refractivity contribution in [2.75, 3.05) is 6.54 Å². The molecule has 0 bridgehead atoms. The number of Topliss-reactive ketones (excluding diaryl/α,β-unsaturated/α-hetero) is 1. The summed E-state index contributed by atoms with van der Waals surface area (Å²) in [6.07, 6.45) is 5.72. The second-order valence-corrected chi connectivity index (χ2v) is 8.97. The molecule has 7 heteroatoms. The molecule has 0 saturated carbocycles. The number of aromatic nitrogens is 2. The standard InChI is InChI=1S/C28H25F2N3O2/c29-24-10-8-19(15-25(24)30)17-33-13-3-7-22(28(33)35)26(34)11-9-18-4-1-5-20(14-18)23-16-32-27-21(23)6-2-12-31-27/h1-2,4-6,8,10,12,14-16,22H,3,7,9,11,13,17H2,(H,31,32). The normalized spacial score (nSPS) is 16.1. The number of carbonyl (C=O) groups is 2. The molecule has 1 fully saturated rings. The maximum atomic E-state index is 13.6. The molecule has 2 aromatic heterocycles. The molecule has 1 aliphatic rings. The van der Waals surface area contributed by atoms with Gasteiger partial charge in [-0.3, -0.25) is 9.59 Å². The molecule has 2 aromatic carbocycles. The van der Waals surface area contributed by atoms with Crippen LogP contribution in [0.5, 0.6) is 0 Å². The summed E-state index contributed by atoms with van der Waals surface area (Å²) in [4.78, 5) is 35.1. The second-order valence-electron chi connectivity index (χ2n) is 8.97. The minimum atomic E-state index is -0.939. The quantitative estimate of drug-likeness (QED) is 0.363. The fourth-order valence-corrected chi connectivity index (χ4v) is 4.79. The van der Waals surface area contributed by atoms with Gasteiger partial charge in [-0.05, 0) is 60.2 Å². The second kappa shape index (κ2) is 9.78. The highest BCUT2D eigenvalue weighted by atomic mass is 19.2. The molecule has 0 aliphatic carbocycles. The number of aryl methyl sites for hydroxylation is 1. The van der Waals surface area contributed by atoms with Crippen LogP contribution in [-0.4, -0.2) is 33.1 Å². The summed E-state index contributed by atoms with van der Waals surface area (Å²) in [6.45, 7) is 0.671. The number of fused-ring (bicyclic) bond motifs is 1. The molecule has 1 N–H and O–H groups in total. The van der Waals surface area contributed by atoms with Gasteiger partial charge in [-0.1, -0.05) is 30.3 Å². The molecule has 0 radical (unpaired) electrons. The number of piperidine rings is 1. The Morgan fingerprint density at radius 1 is 1.06 bits per heavy atom. The van der Waals surface area contributed by atoms with Crippen LogP contribution in [0.2, 0.25) is 0 Å². The maximum absolute atomic E-state index is 13.6. The largest absolute Gasteiger partial charge is 0.346 e. The number of hydrogen-bond donors (Lipinski definition) is 1. The van der Waals surface area contributed by atoms with Gasteiger partial charge in [-0.15, -0.1) is 0 Å². The highest BCUT2D eigenvalue weighted by Gasteiger charge is 2.33. The first-order chi connectivity index (χ1) is 17.0. The van der Waals surface area contributed by atoms with E-state index in [9.17, 15) is 18.4 Å². The Kier molecular flexibility index (Phi) is 6.40. The zero-order chi connectivity index (χ0) is 24.4. The summed E-state index contributed by atoms with van der Waals surface area (Å²) in [5, 5.41) is 1.04. The molecule has 35 heavy (non-hydrogen) atoms. The van der Waals surface area contributed by atoms with Crippen molar-refractivity contribution in [1.82, 2.24) is 14.9 Å². The van der Waals surface area contributed by atoms with E-state index in [0.29, 0.717) is 31.4 Å². The molecular weight excluding hydrogens is 448 g/mol. The number of nitrogens with zero attached hydrogens (tertiary/aromatic N) is 2. The number of nitrogens with one attached hydrogen (secondary N) is 1. The lowest BCUT2D eigenvalue weighted by atomic mass is 9.89. The van der Waals surface area contributed by atoms with Crippen molar-refractivity contribution in [1.29, 1.82) is 0 Å². The number of H-pyrrole nitrogens is 1. The summed E-state index contributed by atoms with van der Waals surface area (Å²) >= 11 is 0. The first kappa shape index (κ1) is 22.9. The van der Waals surface area contributed by atoms with Crippen molar-refractivity contribution in [3.63, 3.8) is 0 Å². The average molecular weight is 474 g/mol. The maximum Gasteiger partial charge on any atom is 0.233 e. The van der Waals surface area contributed by atoms with Crippen molar-refractivity contribution in [3.05, 3.63) is 89.8 Å². The van der Waals surface area contributed by atoms with Gasteiger partial charge in [-0.2, -0.15) is 0 Å². The van der Waals surface area contributed by atoms with Gasteiger partial charge < -0.3 is 9.88 Å². The van der Waals surface area contributed by atoms with Crippen molar-refractivity contribution >= 4 is 22.7 Å². The lowest BCUT2D eigenvalue weighted by molar-refractivity contribution is -0.144. The van der Waals surface area contributed by atoms with Crippen LogP contribution in [0.3, 0.4) is 0 Å². The zero-order valence-electron chi connectivity index (χ0n) is 19.1. The van der Waals surface area contributed by atoms with Crippen LogP contribution in [0.1, 0.15) is 30.4 Å². The molecule has 3 heterocycles. The number of halogens is 2. The van der Waals surface area contributed by atoms with Gasteiger partial charge in [0.15, 0.2) is 11.6 Å². The van der Waals surface area contributed by atoms with Gasteiger partial charge in [0.05, 0.1) is 5.92 Å². The van der Waals surface area contributed by atoms with Crippen LogP contribution in [-0.2, 0) is 22.6 Å². The molecule has 4 aromatic rings. The zero-order valence-corrected chi connectivity index (χ0v) is 19.1. The van der Waals surface area contributed by atoms with Crippen molar-refractivity contribution < 1.29 is 18.4 Å². The lowest BCUT2D eigenvalue weighted by Crippen LogP contribution is -2.43. The van der Waals surface area contributed by atoms with Gasteiger partial charge in [0.25, 0.3) is 0 Å². The Labute approximate surface area is 201 Å². The first-order valence-corrected chi connectivity index (χ1v) is 11.8. The number of benzene rings is 2. The minimum absolute atomic E-state index is 0.0771. The number of rotatable bonds is 7. The number of ketones is 1. The van der Waals surface area contributed by atoms with Gasteiger partial charge in [0.1, 0.15) is 11.4 Å². The van der Waals surface area contributed by atoms with Gasteiger partial charge >= 0.3 is 0 Å². The Bertz CT molecular complexity index is 1400. The Morgan fingerprint density at radius 3 is 2.80 bits per heavy atom. The summed E-state index contributed by atoms with van der Waals surface area (Å²) < 4.78 is 26.8. The molecule has 1 amide bonds. The van der Waals surface area contributed by atoms with Crippen molar-refractivity contribution in [2.45, 2.75) is 32.2 Å². The molecule has 0 spiro atoms. The summed E-state index contributed by atoms with van der Waals surface area (Å²) in [7, 11) is 0. The van der Waals surface area contributed by atoms with E-state index in [0.717, 1.165) is 39.9 Å². The van der Waals surface area contributed by atoms with Gasteiger partial charge in [0.2, 0.25) is 5.91 Å². The number of hydrogen-bond acceptors (Lipinski definition) is 3. The fourth-order valence-electron chi connectivity index (χ4n) is 4.79. The summed E-state index contributed by atoms with van der Waals surface area (Å²) in [5.74, 6) is -2.85. The van der Waals surface area contributed by atoms with E-state index in [1.165, 1.54) is 6.07 Å². The number of amides is 1.